The van der Waals surface area contributed by atoms with Crippen LogP contribution < -0.4 is 4.74 Å². The molecule has 0 aliphatic carbocycles. The lowest BCUT2D eigenvalue weighted by Gasteiger charge is -2.06. The Labute approximate surface area is 139 Å². The van der Waals surface area contributed by atoms with E-state index in [9.17, 15) is 20.0 Å². The second kappa shape index (κ2) is 7.41. The minimum Gasteiger partial charge on any atom is -0.490 e. The number of benzene rings is 2. The first-order valence-corrected chi connectivity index (χ1v) is 7.33. The molecule has 0 atom stereocenters. The molecule has 0 heterocycles. The third-order valence-corrected chi connectivity index (χ3v) is 3.61. The number of ether oxygens (including phenoxy) is 1. The number of aliphatic carboxylic acids is 1. The van der Waals surface area contributed by atoms with Crippen molar-refractivity contribution in [2.45, 2.75) is 13.3 Å². The first kappa shape index (κ1) is 17.2. The van der Waals surface area contributed by atoms with Gasteiger partial charge in [0.05, 0.1) is 17.6 Å². The van der Waals surface area contributed by atoms with E-state index in [0.29, 0.717) is 11.1 Å². The smallest absolute Gasteiger partial charge is 0.336 e. The zero-order valence-electron chi connectivity index (χ0n) is 13.4. The molecule has 0 fully saturated rings. The first-order valence-electron chi connectivity index (χ1n) is 7.33. The number of nitro benzene ring substituents is 1. The minimum atomic E-state index is -1.10. The summed E-state index contributed by atoms with van der Waals surface area (Å²) in [6.07, 6.45) is 2.27. The molecule has 6 heteroatoms. The summed E-state index contributed by atoms with van der Waals surface area (Å²) in [4.78, 5) is 22.1. The molecule has 6 nitrogen and oxygen atoms in total. The predicted molar refractivity (Wildman–Crippen MR) is 91.0 cm³/mol. The molecule has 2 rings (SSSR count). The lowest BCUT2D eigenvalue weighted by Crippen LogP contribution is -2.00. The highest BCUT2D eigenvalue weighted by atomic mass is 16.6. The van der Waals surface area contributed by atoms with Gasteiger partial charge in [-0.2, -0.15) is 0 Å². The molecule has 0 spiro atoms. The van der Waals surface area contributed by atoms with E-state index in [1.165, 1.54) is 25.3 Å². The molecule has 0 saturated carbocycles. The Kier molecular flexibility index (Phi) is 5.31. The molecule has 1 N–H and O–H groups in total. The zero-order chi connectivity index (χ0) is 17.7. The summed E-state index contributed by atoms with van der Waals surface area (Å²) in [5, 5.41) is 20.5. The summed E-state index contributed by atoms with van der Waals surface area (Å²) in [5.41, 5.74) is 1.91. The summed E-state index contributed by atoms with van der Waals surface area (Å²) in [6.45, 7) is 2.01. The maximum atomic E-state index is 11.6. The number of carboxylic acid groups (broad SMARTS) is 1. The molecule has 0 bridgehead atoms. The van der Waals surface area contributed by atoms with Crippen LogP contribution in [0.2, 0.25) is 0 Å². The van der Waals surface area contributed by atoms with Gasteiger partial charge in [0.15, 0.2) is 5.75 Å². The topological polar surface area (TPSA) is 89.7 Å². The SMILES string of the molecule is CCc1ccc(/C(=C/c2ccc(OC)c([N+](=O)[O-])c2)C(=O)O)cc1. The molecule has 0 aromatic heterocycles. The summed E-state index contributed by atoms with van der Waals surface area (Å²) >= 11 is 0. The Morgan fingerprint density at radius 2 is 1.92 bits per heavy atom. The van der Waals surface area contributed by atoms with Gasteiger partial charge >= 0.3 is 11.7 Å². The maximum absolute atomic E-state index is 11.6. The van der Waals surface area contributed by atoms with E-state index in [2.05, 4.69) is 0 Å². The normalized spacial score (nSPS) is 11.2. The number of carboxylic acids is 1. The highest BCUT2D eigenvalue weighted by Gasteiger charge is 2.16. The van der Waals surface area contributed by atoms with Gasteiger partial charge in [0, 0.05) is 6.07 Å². The Hall–Kier alpha value is -3.15. The van der Waals surface area contributed by atoms with Crippen molar-refractivity contribution in [1.82, 2.24) is 0 Å². The highest BCUT2D eigenvalue weighted by molar-refractivity contribution is 6.20. The van der Waals surface area contributed by atoms with Crippen molar-refractivity contribution in [3.05, 3.63) is 69.3 Å². The van der Waals surface area contributed by atoms with Crippen LogP contribution in [0.25, 0.3) is 11.6 Å². The monoisotopic (exact) mass is 327 g/mol. The van der Waals surface area contributed by atoms with Crippen LogP contribution in [0.5, 0.6) is 5.75 Å². The van der Waals surface area contributed by atoms with Crippen LogP contribution in [0.1, 0.15) is 23.6 Å². The number of aryl methyl sites for hydroxylation is 1. The standard InChI is InChI=1S/C18H17NO5/c1-3-12-4-7-14(8-5-12)15(18(20)21)10-13-6-9-17(24-2)16(11-13)19(22)23/h4-11H,3H2,1-2H3,(H,20,21)/b15-10-. The number of hydrogen-bond donors (Lipinski definition) is 1. The van der Waals surface area contributed by atoms with Crippen LogP contribution in [0.15, 0.2) is 42.5 Å². The van der Waals surface area contributed by atoms with Gasteiger partial charge in [-0.05, 0) is 35.3 Å². The average molecular weight is 327 g/mol. The molecule has 124 valence electrons. The van der Waals surface area contributed by atoms with Crippen LogP contribution in [0.3, 0.4) is 0 Å². The van der Waals surface area contributed by atoms with Gasteiger partial charge in [-0.15, -0.1) is 0 Å². The van der Waals surface area contributed by atoms with Gasteiger partial charge in [0.2, 0.25) is 0 Å². The molecule has 0 aliphatic rings. The zero-order valence-corrected chi connectivity index (χ0v) is 13.4. The maximum Gasteiger partial charge on any atom is 0.336 e. The van der Waals surface area contributed by atoms with E-state index in [1.807, 2.05) is 19.1 Å². The number of carbonyl (C=O) groups is 1. The van der Waals surface area contributed by atoms with Crippen LogP contribution in [-0.4, -0.2) is 23.1 Å². The quantitative estimate of drug-likeness (QED) is 0.377. The number of methoxy groups -OCH3 is 1. The van der Waals surface area contributed by atoms with Gasteiger partial charge in [-0.3, -0.25) is 10.1 Å². The molecular formula is C18H17NO5. The van der Waals surface area contributed by atoms with Gasteiger partial charge in [0.25, 0.3) is 0 Å². The Morgan fingerprint density at radius 3 is 2.42 bits per heavy atom. The van der Waals surface area contributed by atoms with Crippen molar-refractivity contribution < 1.29 is 19.6 Å². The van der Waals surface area contributed by atoms with Crippen molar-refractivity contribution >= 4 is 23.3 Å². The number of rotatable bonds is 6. The van der Waals surface area contributed by atoms with Crippen LogP contribution in [0.4, 0.5) is 5.69 Å². The number of nitrogens with zero attached hydrogens (tertiary/aromatic N) is 1. The largest absolute Gasteiger partial charge is 0.490 e. The molecule has 0 radical (unpaired) electrons. The second-order valence-electron chi connectivity index (χ2n) is 5.10. The Bertz CT molecular complexity index is 794. The van der Waals surface area contributed by atoms with E-state index < -0.39 is 10.9 Å². The Balaban J connectivity index is 2.49. The number of hydrogen-bond acceptors (Lipinski definition) is 4. The number of nitro groups is 1. The molecule has 24 heavy (non-hydrogen) atoms. The fourth-order valence-corrected chi connectivity index (χ4v) is 2.29. The van der Waals surface area contributed by atoms with Crippen molar-refractivity contribution in [2.24, 2.45) is 0 Å². The van der Waals surface area contributed by atoms with Crippen molar-refractivity contribution in [2.75, 3.05) is 7.11 Å². The molecule has 0 unspecified atom stereocenters. The Morgan fingerprint density at radius 1 is 1.25 bits per heavy atom. The third-order valence-electron chi connectivity index (χ3n) is 3.61. The van der Waals surface area contributed by atoms with Crippen LogP contribution in [-0.2, 0) is 11.2 Å². The third kappa shape index (κ3) is 3.78. The fourth-order valence-electron chi connectivity index (χ4n) is 2.29. The van der Waals surface area contributed by atoms with Crippen LogP contribution >= 0.6 is 0 Å². The average Bonchev–Trinajstić information content (AvgIpc) is 2.59. The first-order chi connectivity index (χ1) is 11.5. The highest BCUT2D eigenvalue weighted by Crippen LogP contribution is 2.29. The van der Waals surface area contributed by atoms with Crippen LogP contribution in [0, 0.1) is 10.1 Å². The molecule has 0 aliphatic heterocycles. The lowest BCUT2D eigenvalue weighted by atomic mass is 10.0. The van der Waals surface area contributed by atoms with E-state index in [0.717, 1.165) is 12.0 Å². The molecular weight excluding hydrogens is 310 g/mol. The van der Waals surface area contributed by atoms with Gasteiger partial charge in [-0.25, -0.2) is 4.79 Å². The molecule has 0 saturated heterocycles. The molecule has 2 aromatic carbocycles. The van der Waals surface area contributed by atoms with Crippen molar-refractivity contribution in [3.8, 4) is 5.75 Å². The van der Waals surface area contributed by atoms with E-state index >= 15 is 0 Å². The lowest BCUT2D eigenvalue weighted by molar-refractivity contribution is -0.385. The fraction of sp³-hybridized carbons (Fsp3) is 0.167. The predicted octanol–water partition coefficient (Wildman–Crippen LogP) is 3.79. The van der Waals surface area contributed by atoms with Gasteiger partial charge in [-0.1, -0.05) is 37.3 Å². The minimum absolute atomic E-state index is 0.0668. The van der Waals surface area contributed by atoms with Gasteiger partial charge < -0.3 is 9.84 Å². The van der Waals surface area contributed by atoms with E-state index in [1.54, 1.807) is 18.2 Å². The second-order valence-corrected chi connectivity index (χ2v) is 5.10. The van der Waals surface area contributed by atoms with Crippen molar-refractivity contribution in [1.29, 1.82) is 0 Å². The summed E-state index contributed by atoms with van der Waals surface area (Å²) in [7, 11) is 1.34. The summed E-state index contributed by atoms with van der Waals surface area (Å²) in [6, 6.07) is 11.5. The van der Waals surface area contributed by atoms with Gasteiger partial charge in [0.1, 0.15) is 0 Å². The van der Waals surface area contributed by atoms with E-state index in [-0.39, 0.29) is 17.0 Å². The molecule has 0 amide bonds. The van der Waals surface area contributed by atoms with E-state index in [4.69, 9.17) is 4.74 Å². The van der Waals surface area contributed by atoms with Crippen molar-refractivity contribution in [3.63, 3.8) is 0 Å². The molecule has 2 aromatic rings. The summed E-state index contributed by atoms with van der Waals surface area (Å²) in [5.74, 6) is -0.973. The summed E-state index contributed by atoms with van der Waals surface area (Å²) < 4.78 is 4.95.